The molecule has 108 valence electrons. The van der Waals surface area contributed by atoms with Gasteiger partial charge in [0.2, 0.25) is 0 Å². The Bertz CT molecular complexity index is 698. The molecule has 0 unspecified atom stereocenters. The van der Waals surface area contributed by atoms with Gasteiger partial charge in [-0.05, 0) is 31.4 Å². The molecule has 0 aliphatic heterocycles. The maximum Gasteiger partial charge on any atom is 0.0951 e. The SMILES string of the molecule is CC(C)n1cncc1CNc1ccccc1-c1cccs1. The molecule has 0 aliphatic carbocycles. The highest BCUT2D eigenvalue weighted by molar-refractivity contribution is 7.13. The zero-order valence-corrected chi connectivity index (χ0v) is 13.1. The van der Waals surface area contributed by atoms with E-state index in [1.165, 1.54) is 16.1 Å². The predicted molar refractivity (Wildman–Crippen MR) is 89.7 cm³/mol. The fourth-order valence-electron chi connectivity index (χ4n) is 2.40. The van der Waals surface area contributed by atoms with Crippen LogP contribution in [0.2, 0.25) is 0 Å². The van der Waals surface area contributed by atoms with Crippen molar-refractivity contribution in [2.75, 3.05) is 5.32 Å². The van der Waals surface area contributed by atoms with Gasteiger partial charge in [-0.25, -0.2) is 4.98 Å². The summed E-state index contributed by atoms with van der Waals surface area (Å²) in [5, 5.41) is 5.66. The summed E-state index contributed by atoms with van der Waals surface area (Å²) < 4.78 is 2.20. The van der Waals surface area contributed by atoms with E-state index in [0.717, 1.165) is 12.2 Å². The monoisotopic (exact) mass is 297 g/mol. The van der Waals surface area contributed by atoms with Gasteiger partial charge in [0, 0.05) is 28.4 Å². The largest absolute Gasteiger partial charge is 0.379 e. The number of thiophene rings is 1. The van der Waals surface area contributed by atoms with Crippen LogP contribution in [-0.2, 0) is 6.54 Å². The first-order valence-electron chi connectivity index (χ1n) is 7.13. The van der Waals surface area contributed by atoms with Crippen LogP contribution in [-0.4, -0.2) is 9.55 Å². The Labute approximate surface area is 129 Å². The second kappa shape index (κ2) is 6.14. The Morgan fingerprint density at radius 3 is 2.81 bits per heavy atom. The molecular weight excluding hydrogens is 278 g/mol. The molecular formula is C17H19N3S. The Morgan fingerprint density at radius 1 is 1.19 bits per heavy atom. The quantitative estimate of drug-likeness (QED) is 0.732. The topological polar surface area (TPSA) is 29.9 Å². The highest BCUT2D eigenvalue weighted by Gasteiger charge is 2.08. The van der Waals surface area contributed by atoms with Crippen molar-refractivity contribution in [2.24, 2.45) is 0 Å². The zero-order chi connectivity index (χ0) is 14.7. The average molecular weight is 297 g/mol. The lowest BCUT2D eigenvalue weighted by molar-refractivity contribution is 0.577. The van der Waals surface area contributed by atoms with Crippen LogP contribution in [0.3, 0.4) is 0 Å². The number of benzene rings is 1. The number of hydrogen-bond donors (Lipinski definition) is 1. The molecule has 3 aromatic rings. The summed E-state index contributed by atoms with van der Waals surface area (Å²) in [6, 6.07) is 13.1. The van der Waals surface area contributed by atoms with Crippen LogP contribution in [0.25, 0.3) is 10.4 Å². The summed E-state index contributed by atoms with van der Waals surface area (Å²) in [6.07, 6.45) is 3.83. The van der Waals surface area contributed by atoms with Gasteiger partial charge in [0.15, 0.2) is 0 Å². The molecule has 0 spiro atoms. The molecule has 0 bridgehead atoms. The van der Waals surface area contributed by atoms with E-state index in [4.69, 9.17) is 0 Å². The van der Waals surface area contributed by atoms with Crippen molar-refractivity contribution >= 4 is 17.0 Å². The molecule has 0 atom stereocenters. The van der Waals surface area contributed by atoms with E-state index in [1.54, 1.807) is 11.3 Å². The Hall–Kier alpha value is -2.07. The predicted octanol–water partition coefficient (Wildman–Crippen LogP) is 4.80. The molecule has 2 aromatic heterocycles. The second-order valence-electron chi connectivity index (χ2n) is 5.26. The summed E-state index contributed by atoms with van der Waals surface area (Å²) in [4.78, 5) is 5.54. The molecule has 0 amide bonds. The van der Waals surface area contributed by atoms with Crippen molar-refractivity contribution < 1.29 is 0 Å². The van der Waals surface area contributed by atoms with Crippen molar-refractivity contribution in [1.82, 2.24) is 9.55 Å². The molecule has 0 fully saturated rings. The summed E-state index contributed by atoms with van der Waals surface area (Å²) in [6.45, 7) is 5.12. The second-order valence-corrected chi connectivity index (χ2v) is 6.21. The molecule has 4 heteroatoms. The fourth-order valence-corrected chi connectivity index (χ4v) is 3.17. The third-order valence-corrected chi connectivity index (χ3v) is 4.38. The van der Waals surface area contributed by atoms with Gasteiger partial charge in [-0.1, -0.05) is 24.3 Å². The number of nitrogens with one attached hydrogen (secondary N) is 1. The highest BCUT2D eigenvalue weighted by Crippen LogP contribution is 2.31. The van der Waals surface area contributed by atoms with Crippen LogP contribution >= 0.6 is 11.3 Å². The van der Waals surface area contributed by atoms with Crippen LogP contribution in [0.4, 0.5) is 5.69 Å². The maximum absolute atomic E-state index is 4.25. The normalized spacial score (nSPS) is 11.0. The fraction of sp³-hybridized carbons (Fsp3) is 0.235. The number of aromatic nitrogens is 2. The van der Waals surface area contributed by atoms with Gasteiger partial charge >= 0.3 is 0 Å². The van der Waals surface area contributed by atoms with E-state index in [0.29, 0.717) is 6.04 Å². The summed E-state index contributed by atoms with van der Waals surface area (Å²) >= 11 is 1.76. The molecule has 3 nitrogen and oxygen atoms in total. The van der Waals surface area contributed by atoms with Crippen molar-refractivity contribution in [3.05, 3.63) is 60.0 Å². The minimum absolute atomic E-state index is 0.428. The molecule has 1 N–H and O–H groups in total. The third kappa shape index (κ3) is 3.00. The van der Waals surface area contributed by atoms with Gasteiger partial charge in [0.05, 0.1) is 18.6 Å². The van der Waals surface area contributed by atoms with Crippen LogP contribution in [0, 0.1) is 0 Å². The number of imidazole rings is 1. The van der Waals surface area contributed by atoms with Gasteiger partial charge in [-0.3, -0.25) is 0 Å². The van der Waals surface area contributed by atoms with E-state index in [9.17, 15) is 0 Å². The first-order valence-corrected chi connectivity index (χ1v) is 8.01. The minimum atomic E-state index is 0.428. The first kappa shape index (κ1) is 13.9. The number of anilines is 1. The number of rotatable bonds is 5. The highest BCUT2D eigenvalue weighted by atomic mass is 32.1. The molecule has 2 heterocycles. The summed E-state index contributed by atoms with van der Waals surface area (Å²) in [7, 11) is 0. The van der Waals surface area contributed by atoms with E-state index in [-0.39, 0.29) is 0 Å². The van der Waals surface area contributed by atoms with Gasteiger partial charge in [0.25, 0.3) is 0 Å². The lowest BCUT2D eigenvalue weighted by Crippen LogP contribution is -2.09. The van der Waals surface area contributed by atoms with Crippen molar-refractivity contribution in [3.63, 3.8) is 0 Å². The molecule has 0 saturated heterocycles. The van der Waals surface area contributed by atoms with Gasteiger partial charge < -0.3 is 9.88 Å². The first-order chi connectivity index (χ1) is 10.3. The molecule has 0 radical (unpaired) electrons. The standard InChI is InChI=1S/C17H19N3S/c1-13(2)20-12-18-10-14(20)11-19-16-7-4-3-6-15(16)17-8-5-9-21-17/h3-10,12-13,19H,11H2,1-2H3. The van der Waals surface area contributed by atoms with E-state index >= 15 is 0 Å². The smallest absolute Gasteiger partial charge is 0.0951 e. The summed E-state index contributed by atoms with van der Waals surface area (Å²) in [5.74, 6) is 0. The van der Waals surface area contributed by atoms with Crippen LogP contribution in [0.15, 0.2) is 54.3 Å². The van der Waals surface area contributed by atoms with Crippen LogP contribution < -0.4 is 5.32 Å². The minimum Gasteiger partial charge on any atom is -0.379 e. The third-order valence-electron chi connectivity index (χ3n) is 3.48. The zero-order valence-electron chi connectivity index (χ0n) is 12.3. The van der Waals surface area contributed by atoms with Crippen molar-refractivity contribution in [1.29, 1.82) is 0 Å². The van der Waals surface area contributed by atoms with E-state index < -0.39 is 0 Å². The number of hydrogen-bond acceptors (Lipinski definition) is 3. The molecule has 0 aliphatic rings. The lowest BCUT2D eigenvalue weighted by Gasteiger charge is -2.14. The number of para-hydroxylation sites is 1. The van der Waals surface area contributed by atoms with Crippen LogP contribution in [0.5, 0.6) is 0 Å². The molecule has 3 rings (SSSR count). The van der Waals surface area contributed by atoms with Crippen molar-refractivity contribution in [2.45, 2.75) is 26.4 Å². The van der Waals surface area contributed by atoms with Crippen LogP contribution in [0.1, 0.15) is 25.6 Å². The van der Waals surface area contributed by atoms with Gasteiger partial charge in [-0.15, -0.1) is 11.3 Å². The molecule has 21 heavy (non-hydrogen) atoms. The Kier molecular flexibility index (Phi) is 4.06. The molecule has 0 saturated carbocycles. The Balaban J connectivity index is 1.81. The maximum atomic E-state index is 4.25. The van der Waals surface area contributed by atoms with Crippen molar-refractivity contribution in [3.8, 4) is 10.4 Å². The van der Waals surface area contributed by atoms with Gasteiger partial charge in [-0.2, -0.15) is 0 Å². The molecule has 1 aromatic carbocycles. The summed E-state index contributed by atoms with van der Waals surface area (Å²) in [5.41, 5.74) is 3.62. The van der Waals surface area contributed by atoms with E-state index in [2.05, 4.69) is 70.5 Å². The average Bonchev–Trinajstić information content (AvgIpc) is 3.16. The van der Waals surface area contributed by atoms with E-state index in [1.807, 2.05) is 12.5 Å². The van der Waals surface area contributed by atoms with Gasteiger partial charge in [0.1, 0.15) is 0 Å². The lowest BCUT2D eigenvalue weighted by atomic mass is 10.1. The Morgan fingerprint density at radius 2 is 2.05 bits per heavy atom. The number of nitrogens with zero attached hydrogens (tertiary/aromatic N) is 2.